The fraction of sp³-hybridized carbons (Fsp3) is 0.500. The first-order valence-corrected chi connectivity index (χ1v) is 7.74. The molecular formula is C12H19N2NaO7S. The van der Waals surface area contributed by atoms with Gasteiger partial charge in [0.05, 0.1) is 23.8 Å². The molecule has 1 aromatic carbocycles. The molecule has 0 bridgehead atoms. The number of nitro groups is 1. The summed E-state index contributed by atoms with van der Waals surface area (Å²) in [5, 5.41) is 10.8. The summed E-state index contributed by atoms with van der Waals surface area (Å²) in [6.07, 6.45) is 0. The van der Waals surface area contributed by atoms with E-state index in [2.05, 4.69) is 0 Å². The standard InChI is InChI=1S/C12H18N2O7S.Na.H/c1-20-7-5-13(6-8-21-2)11-4-3-10(14(15)16)9-12(11)22(17,18)19;;/h3-4,9H,5-8H2,1-2H3,(H,17,18,19);;/q;+1;-1. The van der Waals surface area contributed by atoms with E-state index in [0.29, 0.717) is 26.3 Å². The first kappa shape index (κ1) is 22.2. The second kappa shape index (κ2) is 10.2. The number of nitro benzene ring substituents is 1. The zero-order valence-corrected chi connectivity index (χ0v) is 16.1. The Balaban J connectivity index is 0. The number of rotatable bonds is 9. The van der Waals surface area contributed by atoms with Gasteiger partial charge in [0.2, 0.25) is 0 Å². The number of anilines is 1. The van der Waals surface area contributed by atoms with Gasteiger partial charge in [-0.25, -0.2) is 0 Å². The third-order valence-corrected chi connectivity index (χ3v) is 3.79. The summed E-state index contributed by atoms with van der Waals surface area (Å²) >= 11 is 0. The molecule has 1 rings (SSSR count). The van der Waals surface area contributed by atoms with Gasteiger partial charge in [0.15, 0.2) is 0 Å². The van der Waals surface area contributed by atoms with Crippen molar-refractivity contribution in [1.29, 1.82) is 0 Å². The van der Waals surface area contributed by atoms with Gasteiger partial charge in [-0.1, -0.05) is 0 Å². The Morgan fingerprint density at radius 2 is 1.78 bits per heavy atom. The average Bonchev–Trinajstić information content (AvgIpc) is 2.46. The molecule has 0 atom stereocenters. The Hall–Kier alpha value is -0.750. The minimum Gasteiger partial charge on any atom is -1.00 e. The molecule has 0 heterocycles. The van der Waals surface area contributed by atoms with E-state index in [1.165, 1.54) is 26.4 Å². The van der Waals surface area contributed by atoms with Crippen LogP contribution in [0.2, 0.25) is 0 Å². The molecule has 0 fully saturated rings. The van der Waals surface area contributed by atoms with E-state index in [4.69, 9.17) is 9.47 Å². The summed E-state index contributed by atoms with van der Waals surface area (Å²) in [4.78, 5) is 11.1. The maximum Gasteiger partial charge on any atom is 1.00 e. The van der Waals surface area contributed by atoms with Gasteiger partial charge in [-0.2, -0.15) is 8.42 Å². The van der Waals surface area contributed by atoms with Crippen molar-refractivity contribution in [3.63, 3.8) is 0 Å². The van der Waals surface area contributed by atoms with Crippen molar-refractivity contribution in [3.05, 3.63) is 28.3 Å². The number of benzene rings is 1. The van der Waals surface area contributed by atoms with Crippen molar-refractivity contribution < 1.29 is 58.4 Å². The van der Waals surface area contributed by atoms with Gasteiger partial charge in [-0.3, -0.25) is 14.7 Å². The van der Waals surface area contributed by atoms with Gasteiger partial charge < -0.3 is 15.8 Å². The fourth-order valence-corrected chi connectivity index (χ4v) is 2.57. The topological polar surface area (TPSA) is 119 Å². The van der Waals surface area contributed by atoms with E-state index < -0.39 is 25.6 Å². The van der Waals surface area contributed by atoms with E-state index in [9.17, 15) is 23.1 Å². The van der Waals surface area contributed by atoms with Gasteiger partial charge in [-0.05, 0) is 6.07 Å². The normalized spacial score (nSPS) is 10.9. The third kappa shape index (κ3) is 6.71. The second-order valence-electron chi connectivity index (χ2n) is 4.36. The van der Waals surface area contributed by atoms with E-state index in [0.717, 1.165) is 6.07 Å². The Morgan fingerprint density at radius 1 is 1.26 bits per heavy atom. The molecule has 1 N–H and O–H groups in total. The van der Waals surface area contributed by atoms with E-state index in [-0.39, 0.29) is 36.7 Å². The number of hydrogen-bond donors (Lipinski definition) is 1. The van der Waals surface area contributed by atoms with Crippen LogP contribution in [0.25, 0.3) is 0 Å². The van der Waals surface area contributed by atoms with E-state index in [1.54, 1.807) is 4.90 Å². The van der Waals surface area contributed by atoms with Crippen molar-refractivity contribution in [1.82, 2.24) is 0 Å². The molecule has 0 unspecified atom stereocenters. The number of hydrogen-bond acceptors (Lipinski definition) is 7. The van der Waals surface area contributed by atoms with Crippen molar-refractivity contribution >= 4 is 21.5 Å². The zero-order valence-electron chi connectivity index (χ0n) is 14.3. The molecule has 0 saturated heterocycles. The molecule has 0 spiro atoms. The summed E-state index contributed by atoms with van der Waals surface area (Å²) in [5.74, 6) is 0. The molecule has 0 saturated carbocycles. The maximum atomic E-state index is 11.5. The van der Waals surface area contributed by atoms with Crippen molar-refractivity contribution in [2.24, 2.45) is 0 Å². The summed E-state index contributed by atoms with van der Waals surface area (Å²) in [7, 11) is -1.62. The zero-order chi connectivity index (χ0) is 16.8. The summed E-state index contributed by atoms with van der Waals surface area (Å²) < 4.78 is 42.3. The summed E-state index contributed by atoms with van der Waals surface area (Å²) in [6, 6.07) is 3.29. The van der Waals surface area contributed by atoms with Crippen LogP contribution in [0.4, 0.5) is 11.4 Å². The smallest absolute Gasteiger partial charge is 1.00 e. The Kier molecular flexibility index (Phi) is 9.85. The van der Waals surface area contributed by atoms with Gasteiger partial charge in [0, 0.05) is 39.4 Å². The molecule has 0 aromatic heterocycles. The van der Waals surface area contributed by atoms with E-state index >= 15 is 0 Å². The largest absolute Gasteiger partial charge is 1.00 e. The number of non-ortho nitro benzene ring substituents is 1. The molecule has 126 valence electrons. The van der Waals surface area contributed by atoms with Crippen molar-refractivity contribution in [2.45, 2.75) is 4.90 Å². The molecule has 0 aliphatic carbocycles. The van der Waals surface area contributed by atoms with Gasteiger partial charge in [-0.15, -0.1) is 0 Å². The first-order chi connectivity index (χ1) is 10.3. The van der Waals surface area contributed by atoms with Crippen LogP contribution in [0.3, 0.4) is 0 Å². The quantitative estimate of drug-likeness (QED) is 0.234. The van der Waals surface area contributed by atoms with Crippen LogP contribution in [0, 0.1) is 10.1 Å². The number of nitrogens with zero attached hydrogens (tertiary/aromatic N) is 2. The first-order valence-electron chi connectivity index (χ1n) is 6.30. The molecule has 0 aliphatic rings. The summed E-state index contributed by atoms with van der Waals surface area (Å²) in [6.45, 7) is 1.29. The molecule has 9 nitrogen and oxygen atoms in total. The van der Waals surface area contributed by atoms with Gasteiger partial charge in [0.25, 0.3) is 15.8 Å². The second-order valence-corrected chi connectivity index (χ2v) is 5.75. The number of ether oxygens (including phenoxy) is 2. The molecular weight excluding hydrogens is 339 g/mol. The predicted octanol–water partition coefficient (Wildman–Crippen LogP) is -1.94. The van der Waals surface area contributed by atoms with Crippen LogP contribution < -0.4 is 34.5 Å². The molecule has 0 radical (unpaired) electrons. The monoisotopic (exact) mass is 358 g/mol. The molecule has 0 aliphatic heterocycles. The third-order valence-electron chi connectivity index (χ3n) is 2.90. The van der Waals surface area contributed by atoms with Gasteiger partial charge in [0.1, 0.15) is 4.90 Å². The maximum absolute atomic E-state index is 11.5. The molecule has 23 heavy (non-hydrogen) atoms. The van der Waals surface area contributed by atoms with Crippen LogP contribution in [0.5, 0.6) is 0 Å². The van der Waals surface area contributed by atoms with E-state index in [1.807, 2.05) is 0 Å². The van der Waals surface area contributed by atoms with Crippen LogP contribution in [0.15, 0.2) is 23.1 Å². The Bertz CT molecular complexity index is 622. The van der Waals surface area contributed by atoms with Crippen molar-refractivity contribution in [3.8, 4) is 0 Å². The Morgan fingerprint density at radius 3 is 2.17 bits per heavy atom. The SMILES string of the molecule is COCCN(CCOC)c1ccc([N+](=O)[O-])cc1S(=O)(=O)O.[H-].[Na+]. The van der Waals surface area contributed by atoms with Crippen LogP contribution in [0.1, 0.15) is 1.43 Å². The average molecular weight is 358 g/mol. The minimum atomic E-state index is -4.61. The Labute approximate surface area is 158 Å². The minimum absolute atomic E-state index is 0. The molecule has 11 heteroatoms. The van der Waals surface area contributed by atoms with Crippen LogP contribution >= 0.6 is 0 Å². The molecule has 1 aromatic rings. The van der Waals surface area contributed by atoms with Gasteiger partial charge >= 0.3 is 29.6 Å². The van der Waals surface area contributed by atoms with Crippen LogP contribution in [-0.2, 0) is 19.6 Å². The predicted molar refractivity (Wildman–Crippen MR) is 80.0 cm³/mol. The number of methoxy groups -OCH3 is 2. The fourth-order valence-electron chi connectivity index (χ4n) is 1.84. The molecule has 0 amide bonds. The summed E-state index contributed by atoms with van der Waals surface area (Å²) in [5.41, 5.74) is -0.267. The van der Waals surface area contributed by atoms with Crippen molar-refractivity contribution in [2.75, 3.05) is 45.4 Å². The van der Waals surface area contributed by atoms with Crippen LogP contribution in [-0.4, -0.2) is 58.4 Å².